The molecule has 1 aromatic carbocycles. The quantitative estimate of drug-likeness (QED) is 0.482. The van der Waals surface area contributed by atoms with Crippen molar-refractivity contribution in [3.8, 4) is 0 Å². The third-order valence-electron chi connectivity index (χ3n) is 4.53. The second kappa shape index (κ2) is 8.47. The molecule has 0 saturated carbocycles. The van der Waals surface area contributed by atoms with Crippen LogP contribution in [0.4, 0.5) is 25.0 Å². The van der Waals surface area contributed by atoms with E-state index < -0.39 is 23.8 Å². The second-order valence-corrected chi connectivity index (χ2v) is 6.62. The van der Waals surface area contributed by atoms with Crippen molar-refractivity contribution in [2.24, 2.45) is 5.73 Å². The molecular weight excluding hydrogens is 390 g/mol. The standard InChI is InChI=1S/C17H22F2N6O4/c1-10(26)22-8-12-9-24(17(27)29-12)11-6-13(18)15(14(19)7-11)23-2-3-25(16(20)21)28-5-4-23/h6-7,12H,2-5,8-9H2,1H3,(H3,20,21)(H,22,26)/t12-/m0/s1. The summed E-state index contributed by atoms with van der Waals surface area (Å²) < 4.78 is 34.7. The molecule has 4 N–H and O–H groups in total. The van der Waals surface area contributed by atoms with E-state index in [4.69, 9.17) is 20.7 Å². The van der Waals surface area contributed by atoms with Crippen LogP contribution in [0.1, 0.15) is 6.92 Å². The van der Waals surface area contributed by atoms with Gasteiger partial charge in [0.2, 0.25) is 11.9 Å². The Balaban J connectivity index is 1.75. The molecule has 3 rings (SSSR count). The molecule has 12 heteroatoms. The zero-order valence-corrected chi connectivity index (χ0v) is 15.8. The van der Waals surface area contributed by atoms with E-state index in [1.807, 2.05) is 0 Å². The summed E-state index contributed by atoms with van der Waals surface area (Å²) in [6.07, 6.45) is -1.36. The number of halogens is 2. The normalized spacial score (nSPS) is 19.8. The van der Waals surface area contributed by atoms with E-state index in [0.29, 0.717) is 0 Å². The summed E-state index contributed by atoms with van der Waals surface area (Å²) in [6, 6.07) is 2.13. The van der Waals surface area contributed by atoms with Gasteiger partial charge in [-0.15, -0.1) is 0 Å². The lowest BCUT2D eigenvalue weighted by molar-refractivity contribution is -0.119. The maximum atomic E-state index is 14.8. The molecule has 1 atom stereocenters. The predicted molar refractivity (Wildman–Crippen MR) is 99.4 cm³/mol. The summed E-state index contributed by atoms with van der Waals surface area (Å²) in [5.41, 5.74) is 5.16. The Morgan fingerprint density at radius 3 is 2.62 bits per heavy atom. The number of hydrogen-bond donors (Lipinski definition) is 3. The van der Waals surface area contributed by atoms with Gasteiger partial charge in [-0.1, -0.05) is 0 Å². The van der Waals surface area contributed by atoms with Crippen LogP contribution in [0.3, 0.4) is 0 Å². The van der Waals surface area contributed by atoms with Crippen molar-refractivity contribution < 1.29 is 27.9 Å². The van der Waals surface area contributed by atoms with E-state index in [0.717, 1.165) is 22.1 Å². The highest BCUT2D eigenvalue weighted by molar-refractivity contribution is 5.90. The highest BCUT2D eigenvalue weighted by atomic mass is 19.1. The molecule has 0 bridgehead atoms. The summed E-state index contributed by atoms with van der Waals surface area (Å²) in [5, 5.41) is 11.1. The summed E-state index contributed by atoms with van der Waals surface area (Å²) in [6.45, 7) is 2.16. The fraction of sp³-hybridized carbons (Fsp3) is 0.471. The number of benzene rings is 1. The Kier molecular flexibility index (Phi) is 6.01. The van der Waals surface area contributed by atoms with Gasteiger partial charge in [0, 0.05) is 32.1 Å². The summed E-state index contributed by atoms with van der Waals surface area (Å²) in [5.74, 6) is -2.24. The summed E-state index contributed by atoms with van der Waals surface area (Å²) in [4.78, 5) is 30.9. The molecule has 0 radical (unpaired) electrons. The first-order chi connectivity index (χ1) is 13.8. The Hall–Kier alpha value is -3.15. The van der Waals surface area contributed by atoms with Crippen LogP contribution in [-0.2, 0) is 14.4 Å². The van der Waals surface area contributed by atoms with Crippen molar-refractivity contribution in [3.05, 3.63) is 23.8 Å². The Morgan fingerprint density at radius 1 is 1.31 bits per heavy atom. The molecule has 158 valence electrons. The van der Waals surface area contributed by atoms with E-state index in [1.165, 1.54) is 11.8 Å². The Morgan fingerprint density at radius 2 is 2.00 bits per heavy atom. The number of rotatable bonds is 4. The first-order valence-electron chi connectivity index (χ1n) is 8.97. The van der Waals surface area contributed by atoms with Crippen molar-refractivity contribution in [1.29, 1.82) is 5.41 Å². The number of anilines is 2. The van der Waals surface area contributed by atoms with Crippen molar-refractivity contribution in [3.63, 3.8) is 0 Å². The van der Waals surface area contributed by atoms with Crippen LogP contribution in [0.15, 0.2) is 12.1 Å². The molecule has 0 aromatic heterocycles. The molecule has 2 aliphatic rings. The zero-order chi connectivity index (χ0) is 21.1. The number of hydroxylamine groups is 2. The van der Waals surface area contributed by atoms with Crippen LogP contribution in [-0.4, -0.2) is 68.5 Å². The van der Waals surface area contributed by atoms with Gasteiger partial charge >= 0.3 is 6.09 Å². The molecule has 0 aliphatic carbocycles. The molecule has 0 spiro atoms. The van der Waals surface area contributed by atoms with E-state index in [2.05, 4.69) is 5.32 Å². The number of nitrogens with zero attached hydrogens (tertiary/aromatic N) is 3. The van der Waals surface area contributed by atoms with Crippen LogP contribution in [0.2, 0.25) is 0 Å². The first-order valence-corrected chi connectivity index (χ1v) is 8.97. The van der Waals surface area contributed by atoms with Crippen LogP contribution in [0.5, 0.6) is 0 Å². The van der Waals surface area contributed by atoms with Gasteiger partial charge in [0.25, 0.3) is 0 Å². The molecule has 2 saturated heterocycles. The van der Waals surface area contributed by atoms with Crippen molar-refractivity contribution >= 4 is 29.3 Å². The maximum Gasteiger partial charge on any atom is 0.414 e. The van der Waals surface area contributed by atoms with E-state index in [1.54, 1.807) is 0 Å². The second-order valence-electron chi connectivity index (χ2n) is 6.62. The number of carbonyl (C=O) groups excluding carboxylic acids is 2. The molecule has 0 unspecified atom stereocenters. The first kappa shape index (κ1) is 20.6. The minimum atomic E-state index is -0.839. The molecular formula is C17H22F2N6O4. The fourth-order valence-electron chi connectivity index (χ4n) is 3.17. The monoisotopic (exact) mass is 412 g/mol. The smallest absolute Gasteiger partial charge is 0.414 e. The van der Waals surface area contributed by atoms with Gasteiger partial charge in [0.05, 0.1) is 31.9 Å². The van der Waals surface area contributed by atoms with Gasteiger partial charge in [0.15, 0.2) is 11.6 Å². The molecule has 2 heterocycles. The lowest BCUT2D eigenvalue weighted by Gasteiger charge is -2.24. The van der Waals surface area contributed by atoms with Gasteiger partial charge in [-0.25, -0.2) is 18.6 Å². The SMILES string of the molecule is CC(=O)NC[C@H]1CN(c2cc(F)c(N3CCON(C(=N)N)CC3)c(F)c2)C(=O)O1. The molecule has 2 fully saturated rings. The summed E-state index contributed by atoms with van der Waals surface area (Å²) >= 11 is 0. The van der Waals surface area contributed by atoms with E-state index in [9.17, 15) is 18.4 Å². The van der Waals surface area contributed by atoms with Crippen molar-refractivity contribution in [2.45, 2.75) is 13.0 Å². The third-order valence-corrected chi connectivity index (χ3v) is 4.53. The highest BCUT2D eigenvalue weighted by Crippen LogP contribution is 2.31. The molecule has 2 amide bonds. The van der Waals surface area contributed by atoms with Gasteiger partial charge in [0.1, 0.15) is 11.8 Å². The third kappa shape index (κ3) is 4.65. The van der Waals surface area contributed by atoms with Crippen LogP contribution in [0.25, 0.3) is 0 Å². The van der Waals surface area contributed by atoms with E-state index in [-0.39, 0.29) is 62.6 Å². The minimum absolute atomic E-state index is 0.0236. The number of carbonyl (C=O) groups is 2. The molecule has 10 nitrogen and oxygen atoms in total. The van der Waals surface area contributed by atoms with Crippen molar-refractivity contribution in [1.82, 2.24) is 10.4 Å². The highest BCUT2D eigenvalue weighted by Gasteiger charge is 2.34. The number of nitrogens with one attached hydrogen (secondary N) is 2. The summed E-state index contributed by atoms with van der Waals surface area (Å²) in [7, 11) is 0. The minimum Gasteiger partial charge on any atom is -0.442 e. The number of ether oxygens (including phenoxy) is 1. The number of guanidine groups is 1. The average molecular weight is 412 g/mol. The Labute approximate surface area is 165 Å². The van der Waals surface area contributed by atoms with Crippen molar-refractivity contribution in [2.75, 3.05) is 49.1 Å². The lowest BCUT2D eigenvalue weighted by Crippen LogP contribution is -2.38. The number of cyclic esters (lactones) is 1. The zero-order valence-electron chi connectivity index (χ0n) is 15.8. The molecule has 29 heavy (non-hydrogen) atoms. The largest absolute Gasteiger partial charge is 0.442 e. The topological polar surface area (TPSA) is 124 Å². The van der Waals surface area contributed by atoms with E-state index >= 15 is 0 Å². The molecule has 1 aromatic rings. The van der Waals surface area contributed by atoms with Gasteiger partial charge in [-0.05, 0) is 0 Å². The lowest BCUT2D eigenvalue weighted by atomic mass is 10.2. The number of hydrogen-bond acceptors (Lipinski definition) is 6. The average Bonchev–Trinajstić information content (AvgIpc) is 2.85. The maximum absolute atomic E-state index is 14.8. The van der Waals surface area contributed by atoms with Crippen LogP contribution >= 0.6 is 0 Å². The fourth-order valence-corrected chi connectivity index (χ4v) is 3.17. The molecule has 2 aliphatic heterocycles. The Bertz CT molecular complexity index is 800. The van der Waals surface area contributed by atoms with Gasteiger partial charge < -0.3 is 20.7 Å². The van der Waals surface area contributed by atoms with Crippen LogP contribution in [0, 0.1) is 17.0 Å². The number of amides is 2. The van der Waals surface area contributed by atoms with Crippen LogP contribution < -0.4 is 20.9 Å². The predicted octanol–water partition coefficient (Wildman–Crippen LogP) is 0.373. The number of nitrogens with two attached hydrogens (primary N) is 1. The van der Waals surface area contributed by atoms with Gasteiger partial charge in [-0.2, -0.15) is 0 Å². The van der Waals surface area contributed by atoms with Gasteiger partial charge in [-0.3, -0.25) is 19.9 Å².